The lowest BCUT2D eigenvalue weighted by Crippen LogP contribution is -2.24. The lowest BCUT2D eigenvalue weighted by molar-refractivity contribution is -0.115. The number of alkyl halides is 3. The molecule has 10 nitrogen and oxygen atoms in total. The van der Waals surface area contributed by atoms with Crippen LogP contribution in [-0.4, -0.2) is 63.8 Å². The molecule has 0 amide bonds. The number of fused-ring (bicyclic) bond motifs is 1. The number of anilines is 1. The first-order valence-electron chi connectivity index (χ1n) is 13.9. The molecular formula is C30H32F3N7O3Si. The van der Waals surface area contributed by atoms with Crippen LogP contribution in [0.25, 0.3) is 39.2 Å². The molecule has 0 aliphatic rings. The van der Waals surface area contributed by atoms with Crippen LogP contribution in [0.5, 0.6) is 5.75 Å². The maximum atomic E-state index is 13.9. The lowest BCUT2D eigenvalue weighted by Gasteiger charge is -2.15. The van der Waals surface area contributed by atoms with Gasteiger partial charge < -0.3 is 14.8 Å². The molecule has 0 spiro atoms. The Kier molecular flexibility index (Phi) is 8.83. The predicted octanol–water partition coefficient (Wildman–Crippen LogP) is 6.00. The molecule has 14 heteroatoms. The van der Waals surface area contributed by atoms with Crippen molar-refractivity contribution in [1.82, 2.24) is 29.3 Å². The van der Waals surface area contributed by atoms with Crippen molar-refractivity contribution >= 4 is 25.1 Å². The molecule has 44 heavy (non-hydrogen) atoms. The summed E-state index contributed by atoms with van der Waals surface area (Å²) in [6.45, 7) is 6.50. The summed E-state index contributed by atoms with van der Waals surface area (Å²) in [4.78, 5) is 26.7. The smallest absolute Gasteiger partial charge is 0.405 e. The van der Waals surface area contributed by atoms with Gasteiger partial charge in [-0.2, -0.15) is 18.2 Å². The Bertz CT molecular complexity index is 1800. The highest BCUT2D eigenvalue weighted by atomic mass is 28.3. The van der Waals surface area contributed by atoms with Crippen LogP contribution in [0.15, 0.2) is 71.9 Å². The molecule has 3 heterocycles. The molecule has 0 saturated carbocycles. The first kappa shape index (κ1) is 30.9. The highest BCUT2D eigenvalue weighted by molar-refractivity contribution is 6.76. The molecule has 5 rings (SSSR count). The number of ether oxygens (including phenoxy) is 2. The minimum Gasteiger partial charge on any atom is -0.497 e. The lowest BCUT2D eigenvalue weighted by atomic mass is 10.1. The van der Waals surface area contributed by atoms with Gasteiger partial charge in [-0.1, -0.05) is 31.8 Å². The van der Waals surface area contributed by atoms with Crippen molar-refractivity contribution in [3.05, 3.63) is 77.5 Å². The summed E-state index contributed by atoms with van der Waals surface area (Å²) in [5.74, 6) is 0.859. The van der Waals surface area contributed by atoms with Crippen LogP contribution in [0, 0.1) is 0 Å². The summed E-state index contributed by atoms with van der Waals surface area (Å²) in [6, 6.07) is 16.6. The number of methoxy groups -OCH3 is 1. The second-order valence-corrected chi connectivity index (χ2v) is 17.0. The number of rotatable bonds is 11. The van der Waals surface area contributed by atoms with Crippen LogP contribution in [0.4, 0.5) is 19.1 Å². The minimum atomic E-state index is -4.47. The molecule has 2 aromatic carbocycles. The average molecular weight is 624 g/mol. The zero-order chi connectivity index (χ0) is 31.5. The zero-order valence-corrected chi connectivity index (χ0v) is 25.7. The summed E-state index contributed by atoms with van der Waals surface area (Å²) in [6.07, 6.45) is -1.48. The van der Waals surface area contributed by atoms with Crippen molar-refractivity contribution in [2.75, 3.05) is 25.6 Å². The van der Waals surface area contributed by atoms with Gasteiger partial charge in [0.2, 0.25) is 5.95 Å². The van der Waals surface area contributed by atoms with Crippen molar-refractivity contribution in [2.24, 2.45) is 0 Å². The topological polar surface area (TPSA) is 109 Å². The minimum absolute atomic E-state index is 0.151. The Hall–Kier alpha value is -4.56. The van der Waals surface area contributed by atoms with E-state index < -0.39 is 26.4 Å². The Morgan fingerprint density at radius 2 is 1.68 bits per heavy atom. The molecule has 0 saturated heterocycles. The second kappa shape index (κ2) is 12.6. The number of hydrogen-bond acceptors (Lipinski definition) is 8. The van der Waals surface area contributed by atoms with E-state index in [1.165, 1.54) is 10.8 Å². The van der Waals surface area contributed by atoms with Crippen molar-refractivity contribution < 1.29 is 22.6 Å². The molecule has 0 fully saturated rings. The van der Waals surface area contributed by atoms with E-state index in [1.807, 2.05) is 0 Å². The Balaban J connectivity index is 1.49. The van der Waals surface area contributed by atoms with Gasteiger partial charge in [-0.15, -0.1) is 5.10 Å². The molecule has 0 atom stereocenters. The third kappa shape index (κ3) is 7.49. The SMILES string of the molecule is COc1ccc(-c2cc3cnc(NCC(F)(F)F)nc3n(-c3ccc(-c4ncn(COCC[Si](C)(C)C)n4)cc3)c2=O)cc1. The third-order valence-corrected chi connectivity index (χ3v) is 8.43. The first-order valence-corrected chi connectivity index (χ1v) is 17.6. The van der Waals surface area contributed by atoms with Crippen LogP contribution >= 0.6 is 0 Å². The quantitative estimate of drug-likeness (QED) is 0.141. The highest BCUT2D eigenvalue weighted by Gasteiger charge is 2.27. The van der Waals surface area contributed by atoms with Gasteiger partial charge in [0.25, 0.3) is 5.56 Å². The molecular weight excluding hydrogens is 591 g/mol. The largest absolute Gasteiger partial charge is 0.497 e. The Morgan fingerprint density at radius 3 is 2.34 bits per heavy atom. The number of hydrogen-bond donors (Lipinski definition) is 1. The Labute approximate surface area is 252 Å². The van der Waals surface area contributed by atoms with Gasteiger partial charge in [0, 0.05) is 37.4 Å². The van der Waals surface area contributed by atoms with E-state index in [0.29, 0.717) is 52.7 Å². The molecule has 5 aromatic rings. The van der Waals surface area contributed by atoms with E-state index in [0.717, 1.165) is 6.04 Å². The van der Waals surface area contributed by atoms with Gasteiger partial charge in [-0.05, 0) is 54.1 Å². The first-order chi connectivity index (χ1) is 20.9. The van der Waals surface area contributed by atoms with Crippen molar-refractivity contribution in [1.29, 1.82) is 0 Å². The fourth-order valence-corrected chi connectivity index (χ4v) is 5.12. The fourth-order valence-electron chi connectivity index (χ4n) is 4.36. The van der Waals surface area contributed by atoms with Gasteiger partial charge in [0.15, 0.2) is 11.5 Å². The molecule has 230 valence electrons. The summed E-state index contributed by atoms with van der Waals surface area (Å²) >= 11 is 0. The summed E-state index contributed by atoms with van der Waals surface area (Å²) in [5, 5.41) is 7.15. The third-order valence-electron chi connectivity index (χ3n) is 6.73. The van der Waals surface area contributed by atoms with Crippen LogP contribution in [0.2, 0.25) is 25.7 Å². The fraction of sp³-hybridized carbons (Fsp3) is 0.300. The molecule has 0 bridgehead atoms. The number of halogens is 3. The number of benzene rings is 2. The van der Waals surface area contributed by atoms with E-state index in [1.54, 1.807) is 72.7 Å². The summed E-state index contributed by atoms with van der Waals surface area (Å²) in [7, 11) is 0.352. The maximum absolute atomic E-state index is 13.9. The summed E-state index contributed by atoms with van der Waals surface area (Å²) < 4.78 is 52.5. The van der Waals surface area contributed by atoms with Crippen molar-refractivity contribution in [2.45, 2.75) is 38.6 Å². The average Bonchev–Trinajstić information content (AvgIpc) is 3.46. The molecule has 0 radical (unpaired) electrons. The van der Waals surface area contributed by atoms with E-state index in [2.05, 4.69) is 45.0 Å². The maximum Gasteiger partial charge on any atom is 0.405 e. The van der Waals surface area contributed by atoms with Crippen LogP contribution in [0.1, 0.15) is 0 Å². The van der Waals surface area contributed by atoms with Crippen LogP contribution < -0.4 is 15.6 Å². The normalized spacial score (nSPS) is 12.1. The second-order valence-electron chi connectivity index (χ2n) is 11.4. The summed E-state index contributed by atoms with van der Waals surface area (Å²) in [5.41, 5.74) is 1.89. The number of aromatic nitrogens is 6. The van der Waals surface area contributed by atoms with E-state index >= 15 is 0 Å². The molecule has 3 aromatic heterocycles. The standard InChI is InChI=1S/C30H32F3N7O3Si/c1-42-24-11-7-20(8-12-24)25-15-22-16-34-29(35-17-30(31,32)33)37-27(22)40(28(25)41)23-9-5-21(6-10-23)26-36-18-39(38-26)19-43-13-14-44(2,3)4/h5-12,15-16,18H,13-14,17,19H2,1-4H3,(H,34,35,37). The van der Waals surface area contributed by atoms with E-state index in [9.17, 15) is 18.0 Å². The van der Waals surface area contributed by atoms with Crippen LogP contribution in [-0.2, 0) is 11.5 Å². The number of nitrogens with one attached hydrogen (secondary N) is 1. The van der Waals surface area contributed by atoms with E-state index in [4.69, 9.17) is 9.47 Å². The van der Waals surface area contributed by atoms with Gasteiger partial charge in [0.05, 0.1) is 12.8 Å². The van der Waals surface area contributed by atoms with Crippen molar-refractivity contribution in [3.8, 4) is 34.0 Å². The van der Waals surface area contributed by atoms with Crippen molar-refractivity contribution in [3.63, 3.8) is 0 Å². The molecule has 0 aliphatic heterocycles. The molecule has 0 aliphatic carbocycles. The molecule has 0 unspecified atom stereocenters. The molecule has 1 N–H and O–H groups in total. The van der Waals surface area contributed by atoms with Crippen LogP contribution in [0.3, 0.4) is 0 Å². The monoisotopic (exact) mass is 623 g/mol. The highest BCUT2D eigenvalue weighted by Crippen LogP contribution is 2.26. The van der Waals surface area contributed by atoms with Gasteiger partial charge in [-0.3, -0.25) is 9.36 Å². The van der Waals surface area contributed by atoms with Gasteiger partial charge in [-0.25, -0.2) is 14.6 Å². The van der Waals surface area contributed by atoms with Gasteiger partial charge >= 0.3 is 6.18 Å². The van der Waals surface area contributed by atoms with Gasteiger partial charge in [0.1, 0.15) is 25.4 Å². The Morgan fingerprint density at radius 1 is 0.977 bits per heavy atom. The number of pyridine rings is 1. The number of nitrogens with zero attached hydrogens (tertiary/aromatic N) is 6. The zero-order valence-electron chi connectivity index (χ0n) is 24.7. The van der Waals surface area contributed by atoms with E-state index in [-0.39, 0.29) is 11.6 Å². The predicted molar refractivity (Wildman–Crippen MR) is 165 cm³/mol.